The van der Waals surface area contributed by atoms with Crippen molar-refractivity contribution >= 4 is 87.3 Å². The van der Waals surface area contributed by atoms with Crippen LogP contribution in [-0.4, -0.2) is 16.3 Å². The highest BCUT2D eigenvalue weighted by Gasteiger charge is 2.49. The molecule has 6 aromatic carbocycles. The second-order valence-corrected chi connectivity index (χ2v) is 13.4. The summed E-state index contributed by atoms with van der Waals surface area (Å²) >= 11 is 1.87. The molecule has 3 aliphatic rings. The lowest BCUT2D eigenvalue weighted by atomic mass is 9.90. The molecule has 2 aromatic heterocycles. The van der Waals surface area contributed by atoms with Crippen molar-refractivity contribution in [3.8, 4) is 5.69 Å². The number of aromatic nitrogens is 1. The van der Waals surface area contributed by atoms with Crippen LogP contribution in [0.1, 0.15) is 5.56 Å². The fourth-order valence-electron chi connectivity index (χ4n) is 8.22. The van der Waals surface area contributed by atoms with Gasteiger partial charge in [0.25, 0.3) is 0 Å². The van der Waals surface area contributed by atoms with Crippen molar-refractivity contribution in [3.05, 3.63) is 157 Å². The molecule has 0 amide bonds. The summed E-state index contributed by atoms with van der Waals surface area (Å²) in [7, 11) is 0. The van der Waals surface area contributed by atoms with Crippen molar-refractivity contribution in [1.82, 2.24) is 9.14 Å². The van der Waals surface area contributed by atoms with Crippen molar-refractivity contribution in [2.45, 2.75) is 6.04 Å². The molecule has 0 spiro atoms. The van der Waals surface area contributed by atoms with E-state index in [1.807, 2.05) is 11.3 Å². The molecule has 0 saturated heterocycles. The summed E-state index contributed by atoms with van der Waals surface area (Å²) in [6.07, 6.45) is 6.89. The van der Waals surface area contributed by atoms with Gasteiger partial charge in [-0.15, -0.1) is 11.3 Å². The number of anilines is 2. The van der Waals surface area contributed by atoms with Gasteiger partial charge in [-0.3, -0.25) is 0 Å². The summed E-state index contributed by atoms with van der Waals surface area (Å²) in [4.78, 5) is 2.57. The summed E-state index contributed by atoms with van der Waals surface area (Å²) in [6, 6.07) is 49.1. The molecule has 0 radical (unpaired) electrons. The van der Waals surface area contributed by atoms with Crippen LogP contribution in [0.4, 0.5) is 22.7 Å². The highest BCUT2D eigenvalue weighted by Crippen LogP contribution is 2.55. The van der Waals surface area contributed by atoms with Crippen LogP contribution >= 0.6 is 11.3 Å². The molecule has 3 nitrogen and oxygen atoms in total. The highest BCUT2D eigenvalue weighted by molar-refractivity contribution is 7.25. The van der Waals surface area contributed by atoms with E-state index in [0.29, 0.717) is 0 Å². The predicted octanol–water partition coefficient (Wildman–Crippen LogP) is 10.9. The van der Waals surface area contributed by atoms with Crippen LogP contribution in [0.3, 0.4) is 0 Å². The van der Waals surface area contributed by atoms with Crippen molar-refractivity contribution in [1.29, 1.82) is 0 Å². The van der Waals surface area contributed by atoms with Crippen molar-refractivity contribution < 1.29 is 0 Å². The van der Waals surface area contributed by atoms with Crippen LogP contribution in [-0.2, 0) is 0 Å². The van der Waals surface area contributed by atoms with Gasteiger partial charge < -0.3 is 9.47 Å². The largest absolute Gasteiger partial charge is 0.318 e. The Hall–Kier alpha value is -5.71. The van der Waals surface area contributed by atoms with E-state index in [1.165, 1.54) is 87.3 Å². The normalized spacial score (nSPS) is 16.4. The Morgan fingerprint density at radius 1 is 0.609 bits per heavy atom. The number of allylic oxidation sites excluding steroid dienone is 2. The third-order valence-electron chi connectivity index (χ3n) is 10.0. The molecular formula is C42H26N3S+. The quantitative estimate of drug-likeness (QED) is 0.179. The zero-order valence-corrected chi connectivity index (χ0v) is 25.6. The standard InChI is InChI=1S/C42H26N3S/c1-2-11-26(12-3-1)43-33-17-7-8-18-34(33)45-36-23-22-35-40(41(36)30-15-10-19-37(43)42(30)45)29-14-4-6-16-32(29)44(35)27-21-24-39-31(25-27)28-13-5-9-20-38(28)46-39/h1-25,42H/q+1. The van der Waals surface area contributed by atoms with Gasteiger partial charge in [-0.1, -0.05) is 78.9 Å². The van der Waals surface area contributed by atoms with E-state index in [-0.39, 0.29) is 6.04 Å². The Bertz CT molecular complexity index is 2700. The number of hydrogen-bond donors (Lipinski definition) is 0. The van der Waals surface area contributed by atoms with E-state index in [2.05, 4.69) is 166 Å². The molecule has 0 N–H and O–H groups in total. The molecule has 11 rings (SSSR count). The first-order chi connectivity index (χ1) is 22.8. The van der Waals surface area contributed by atoms with Gasteiger partial charge in [0.05, 0.1) is 16.7 Å². The van der Waals surface area contributed by atoms with Gasteiger partial charge in [-0.05, 0) is 54.1 Å². The van der Waals surface area contributed by atoms with Crippen molar-refractivity contribution in [3.63, 3.8) is 0 Å². The van der Waals surface area contributed by atoms with E-state index in [1.54, 1.807) is 0 Å². The van der Waals surface area contributed by atoms with Gasteiger partial charge in [-0.2, -0.15) is 4.58 Å². The Labute approximate surface area is 269 Å². The Morgan fingerprint density at radius 2 is 1.39 bits per heavy atom. The minimum atomic E-state index is 0.0938. The minimum Gasteiger partial charge on any atom is -0.318 e. The van der Waals surface area contributed by atoms with Crippen LogP contribution in [0.15, 0.2) is 152 Å². The van der Waals surface area contributed by atoms with Crippen LogP contribution in [0.25, 0.3) is 53.2 Å². The third kappa shape index (κ3) is 3.09. The lowest BCUT2D eigenvalue weighted by Crippen LogP contribution is -2.43. The molecule has 1 atom stereocenters. The zero-order chi connectivity index (χ0) is 29.9. The maximum Gasteiger partial charge on any atom is 0.235 e. The topological polar surface area (TPSA) is 11.2 Å². The van der Waals surface area contributed by atoms with Gasteiger partial charge in [-0.25, -0.2) is 0 Å². The van der Waals surface area contributed by atoms with E-state index < -0.39 is 0 Å². The van der Waals surface area contributed by atoms with Gasteiger partial charge in [0.2, 0.25) is 17.1 Å². The lowest BCUT2D eigenvalue weighted by Gasteiger charge is -2.32. The second-order valence-electron chi connectivity index (χ2n) is 12.3. The number of hydrogen-bond acceptors (Lipinski definition) is 2. The van der Waals surface area contributed by atoms with Crippen molar-refractivity contribution in [2.75, 3.05) is 4.90 Å². The molecule has 2 aliphatic heterocycles. The third-order valence-corrected chi connectivity index (χ3v) is 11.2. The van der Waals surface area contributed by atoms with Crippen LogP contribution in [0.2, 0.25) is 0 Å². The molecule has 0 bridgehead atoms. The Balaban J connectivity index is 1.22. The molecule has 4 heterocycles. The summed E-state index contributed by atoms with van der Waals surface area (Å²) in [5.41, 5.74) is 12.5. The van der Waals surface area contributed by atoms with E-state index in [9.17, 15) is 0 Å². The monoisotopic (exact) mass is 604 g/mol. The van der Waals surface area contributed by atoms with E-state index in [0.717, 1.165) is 0 Å². The first-order valence-corrected chi connectivity index (χ1v) is 16.6. The molecule has 8 aromatic rings. The average Bonchev–Trinajstić information content (AvgIpc) is 3.77. The highest BCUT2D eigenvalue weighted by atomic mass is 32.1. The van der Waals surface area contributed by atoms with Gasteiger partial charge >= 0.3 is 0 Å². The first kappa shape index (κ1) is 24.6. The minimum absolute atomic E-state index is 0.0938. The van der Waals surface area contributed by atoms with Crippen LogP contribution in [0, 0.1) is 0 Å². The van der Waals surface area contributed by atoms with E-state index >= 15 is 0 Å². The maximum atomic E-state index is 2.57. The molecule has 214 valence electrons. The fraction of sp³-hybridized carbons (Fsp3) is 0.0238. The van der Waals surface area contributed by atoms with Gasteiger partial charge in [0, 0.05) is 66.5 Å². The lowest BCUT2D eigenvalue weighted by molar-refractivity contribution is 0.931. The fourth-order valence-corrected chi connectivity index (χ4v) is 9.31. The van der Waals surface area contributed by atoms with Gasteiger partial charge in [0.15, 0.2) is 0 Å². The molecule has 0 saturated carbocycles. The smallest absolute Gasteiger partial charge is 0.235 e. The number of benzene rings is 6. The predicted molar refractivity (Wildman–Crippen MR) is 196 cm³/mol. The zero-order valence-electron chi connectivity index (χ0n) is 24.8. The van der Waals surface area contributed by atoms with Crippen LogP contribution < -0.4 is 9.48 Å². The molecule has 4 heteroatoms. The maximum absolute atomic E-state index is 2.57. The SMILES string of the molecule is C1=CC2=[N+](c3ccccc3)c3ccccc3N3c4ccc5c(c4C(=C1)C23)c1ccccc1n5-c1ccc2sc3ccccc3c2c1. The molecule has 1 aliphatic carbocycles. The van der Waals surface area contributed by atoms with Gasteiger partial charge in [0.1, 0.15) is 11.7 Å². The van der Waals surface area contributed by atoms with E-state index in [4.69, 9.17) is 0 Å². The molecular weight excluding hydrogens is 579 g/mol. The summed E-state index contributed by atoms with van der Waals surface area (Å²) in [5, 5.41) is 5.25. The Morgan fingerprint density at radius 3 is 2.33 bits per heavy atom. The number of para-hydroxylation sites is 4. The van der Waals surface area contributed by atoms with Crippen molar-refractivity contribution in [2.24, 2.45) is 0 Å². The first-order valence-electron chi connectivity index (χ1n) is 15.8. The Kier molecular flexibility index (Phi) is 4.78. The molecule has 46 heavy (non-hydrogen) atoms. The number of rotatable bonds is 2. The van der Waals surface area contributed by atoms with Crippen LogP contribution in [0.5, 0.6) is 0 Å². The summed E-state index contributed by atoms with van der Waals surface area (Å²) in [6.45, 7) is 0. The molecule has 0 fully saturated rings. The summed E-state index contributed by atoms with van der Waals surface area (Å²) < 4.78 is 7.59. The average molecular weight is 605 g/mol. The number of thiophene rings is 1. The molecule has 1 unspecified atom stereocenters. The number of nitrogens with zero attached hydrogens (tertiary/aromatic N) is 3. The number of fused-ring (bicyclic) bond motifs is 12. The second kappa shape index (κ2) is 8.94. The summed E-state index contributed by atoms with van der Waals surface area (Å²) in [5.74, 6) is 0.